The normalized spacial score (nSPS) is 14.6. The third kappa shape index (κ3) is 3.15. The van der Waals surface area contributed by atoms with E-state index in [2.05, 4.69) is 49.7 Å². The summed E-state index contributed by atoms with van der Waals surface area (Å²) in [7, 11) is 1.68. The lowest BCUT2D eigenvalue weighted by atomic mass is 9.99. The Bertz CT molecular complexity index is 962. The molecule has 0 atom stereocenters. The van der Waals surface area contributed by atoms with Gasteiger partial charge in [0, 0.05) is 28.6 Å². The molecule has 26 heavy (non-hydrogen) atoms. The average Bonchev–Trinajstić information content (AvgIpc) is 3.18. The maximum atomic E-state index is 6.05. The van der Waals surface area contributed by atoms with Crippen LogP contribution in [0, 0.1) is 6.92 Å². The molecule has 0 bridgehead atoms. The van der Waals surface area contributed by atoms with Gasteiger partial charge in [0.2, 0.25) is 0 Å². The number of para-hydroxylation sites is 1. The number of rotatable bonds is 4. The molecule has 0 spiro atoms. The third-order valence-electron chi connectivity index (χ3n) is 4.53. The fourth-order valence-corrected chi connectivity index (χ4v) is 4.00. The lowest BCUT2D eigenvalue weighted by molar-refractivity contribution is 0.134. The number of fused-ring (bicyclic) bond motifs is 1. The van der Waals surface area contributed by atoms with Gasteiger partial charge in [-0.3, -0.25) is 0 Å². The minimum atomic E-state index is -0.201. The predicted octanol–water partition coefficient (Wildman–Crippen LogP) is 5.58. The van der Waals surface area contributed by atoms with Gasteiger partial charge in [-0.05, 0) is 44.5 Å². The summed E-state index contributed by atoms with van der Waals surface area (Å²) in [6, 6.07) is 12.4. The Labute approximate surface area is 157 Å². The topological polar surface area (TPSA) is 43.4 Å². The maximum absolute atomic E-state index is 6.05. The molecule has 4 rings (SSSR count). The van der Waals surface area contributed by atoms with E-state index in [0.29, 0.717) is 0 Å². The molecular weight excluding hydrogens is 344 g/mol. The molecule has 134 valence electrons. The molecule has 0 amide bonds. The lowest BCUT2D eigenvalue weighted by Crippen LogP contribution is -2.24. The fourth-order valence-electron chi connectivity index (χ4n) is 3.27. The van der Waals surface area contributed by atoms with Crippen molar-refractivity contribution in [2.24, 2.45) is 0 Å². The summed E-state index contributed by atoms with van der Waals surface area (Å²) in [5, 5.41) is 6.36. The van der Waals surface area contributed by atoms with Crippen molar-refractivity contribution in [3.05, 3.63) is 52.9 Å². The number of hydrogen-bond donors (Lipinski definition) is 1. The highest BCUT2D eigenvalue weighted by Gasteiger charge is 2.33. The van der Waals surface area contributed by atoms with Gasteiger partial charge in [0.1, 0.15) is 5.60 Å². The molecule has 0 radical (unpaired) electrons. The van der Waals surface area contributed by atoms with Crippen LogP contribution in [0.1, 0.15) is 25.0 Å². The number of aryl methyl sites for hydroxylation is 1. The van der Waals surface area contributed by atoms with Crippen LogP contribution < -0.4 is 14.8 Å². The number of methoxy groups -OCH3 is 1. The van der Waals surface area contributed by atoms with Crippen LogP contribution in [-0.4, -0.2) is 17.7 Å². The summed E-state index contributed by atoms with van der Waals surface area (Å²) >= 11 is 1.60. The van der Waals surface area contributed by atoms with Crippen molar-refractivity contribution in [1.82, 2.24) is 4.98 Å². The number of nitrogens with zero attached hydrogens (tertiary/aromatic N) is 1. The van der Waals surface area contributed by atoms with Crippen LogP contribution >= 0.6 is 11.3 Å². The van der Waals surface area contributed by atoms with Gasteiger partial charge >= 0.3 is 0 Å². The van der Waals surface area contributed by atoms with Crippen LogP contribution in [0.2, 0.25) is 0 Å². The van der Waals surface area contributed by atoms with Crippen molar-refractivity contribution in [1.29, 1.82) is 0 Å². The molecular formula is C21H22N2O2S. The number of aromatic nitrogens is 1. The van der Waals surface area contributed by atoms with Crippen LogP contribution in [0.25, 0.3) is 11.3 Å². The van der Waals surface area contributed by atoms with Crippen LogP contribution in [0.15, 0.2) is 41.8 Å². The van der Waals surface area contributed by atoms with Crippen LogP contribution in [0.3, 0.4) is 0 Å². The molecule has 0 fully saturated rings. The molecule has 1 aliphatic rings. The fraction of sp³-hybridized carbons (Fsp3) is 0.286. The first-order valence-electron chi connectivity index (χ1n) is 8.64. The molecule has 4 nitrogen and oxygen atoms in total. The van der Waals surface area contributed by atoms with Gasteiger partial charge in [-0.2, -0.15) is 0 Å². The molecule has 1 aliphatic heterocycles. The largest absolute Gasteiger partial charge is 0.493 e. The summed E-state index contributed by atoms with van der Waals surface area (Å²) in [5.74, 6) is 1.62. The summed E-state index contributed by atoms with van der Waals surface area (Å²) in [4.78, 5) is 4.77. The van der Waals surface area contributed by atoms with Gasteiger partial charge in [0.05, 0.1) is 12.8 Å². The van der Waals surface area contributed by atoms with E-state index in [-0.39, 0.29) is 5.60 Å². The second kappa shape index (κ2) is 6.32. The molecule has 0 saturated carbocycles. The predicted molar refractivity (Wildman–Crippen MR) is 107 cm³/mol. The van der Waals surface area contributed by atoms with E-state index in [1.807, 2.05) is 18.2 Å². The monoisotopic (exact) mass is 366 g/mol. The Kier molecular flexibility index (Phi) is 4.11. The second-order valence-corrected chi connectivity index (χ2v) is 8.04. The SMILES string of the molecule is COc1cc(-c2csc(Nc3ccccc3C)n2)cc2c1OC(C)(C)C2. The Morgan fingerprint density at radius 2 is 2.04 bits per heavy atom. The highest BCUT2D eigenvalue weighted by molar-refractivity contribution is 7.14. The first-order valence-corrected chi connectivity index (χ1v) is 9.52. The van der Waals surface area contributed by atoms with E-state index < -0.39 is 0 Å². The quantitative estimate of drug-likeness (QED) is 0.654. The van der Waals surface area contributed by atoms with E-state index in [4.69, 9.17) is 14.5 Å². The molecule has 1 aromatic heterocycles. The van der Waals surface area contributed by atoms with E-state index in [9.17, 15) is 0 Å². The van der Waals surface area contributed by atoms with Crippen molar-refractivity contribution >= 4 is 22.2 Å². The van der Waals surface area contributed by atoms with Gasteiger partial charge in [0.15, 0.2) is 16.6 Å². The highest BCUT2D eigenvalue weighted by Crippen LogP contribution is 2.44. The Hall–Kier alpha value is -2.53. The molecule has 1 N–H and O–H groups in total. The van der Waals surface area contributed by atoms with Gasteiger partial charge in [-0.1, -0.05) is 18.2 Å². The van der Waals surface area contributed by atoms with E-state index in [1.54, 1.807) is 18.4 Å². The van der Waals surface area contributed by atoms with Crippen molar-refractivity contribution in [3.8, 4) is 22.8 Å². The zero-order valence-corrected chi connectivity index (χ0v) is 16.2. The summed E-state index contributed by atoms with van der Waals surface area (Å²) in [6.07, 6.45) is 0.866. The van der Waals surface area contributed by atoms with Gasteiger partial charge in [0.25, 0.3) is 0 Å². The van der Waals surface area contributed by atoms with E-state index in [0.717, 1.165) is 40.0 Å². The standard InChI is InChI=1S/C21H22N2O2S/c1-13-7-5-6-8-16(13)22-20-23-17(12-26-20)14-9-15-11-21(2,3)25-19(15)18(10-14)24-4/h5-10,12H,11H2,1-4H3,(H,22,23). The summed E-state index contributed by atoms with van der Waals surface area (Å²) in [6.45, 7) is 6.28. The zero-order chi connectivity index (χ0) is 18.3. The molecule has 2 heterocycles. The molecule has 3 aromatic rings. The van der Waals surface area contributed by atoms with Gasteiger partial charge < -0.3 is 14.8 Å². The number of thiazole rings is 1. The number of ether oxygens (including phenoxy) is 2. The molecule has 0 unspecified atom stereocenters. The van der Waals surface area contributed by atoms with Crippen molar-refractivity contribution in [2.45, 2.75) is 32.8 Å². The van der Waals surface area contributed by atoms with Crippen molar-refractivity contribution in [3.63, 3.8) is 0 Å². The van der Waals surface area contributed by atoms with Crippen LogP contribution in [0.4, 0.5) is 10.8 Å². The molecule has 5 heteroatoms. The average molecular weight is 366 g/mol. The molecule has 2 aromatic carbocycles. The van der Waals surface area contributed by atoms with Gasteiger partial charge in [-0.25, -0.2) is 4.98 Å². The minimum absolute atomic E-state index is 0.201. The molecule has 0 saturated heterocycles. The second-order valence-electron chi connectivity index (χ2n) is 7.18. The Balaban J connectivity index is 1.65. The number of nitrogens with one attached hydrogen (secondary N) is 1. The zero-order valence-electron chi connectivity index (χ0n) is 15.4. The van der Waals surface area contributed by atoms with Crippen LogP contribution in [-0.2, 0) is 6.42 Å². The lowest BCUT2D eigenvalue weighted by Gasteiger charge is -2.17. The Morgan fingerprint density at radius 3 is 2.81 bits per heavy atom. The van der Waals surface area contributed by atoms with Gasteiger partial charge in [-0.15, -0.1) is 11.3 Å². The molecule has 0 aliphatic carbocycles. The summed E-state index contributed by atoms with van der Waals surface area (Å²) in [5.41, 5.74) is 5.24. The van der Waals surface area contributed by atoms with E-state index in [1.165, 1.54) is 11.1 Å². The third-order valence-corrected chi connectivity index (χ3v) is 5.29. The highest BCUT2D eigenvalue weighted by atomic mass is 32.1. The minimum Gasteiger partial charge on any atom is -0.493 e. The van der Waals surface area contributed by atoms with Crippen molar-refractivity contribution < 1.29 is 9.47 Å². The summed E-state index contributed by atoms with van der Waals surface area (Å²) < 4.78 is 11.6. The first-order chi connectivity index (χ1) is 12.4. The first kappa shape index (κ1) is 16.9. The number of anilines is 2. The number of benzene rings is 2. The van der Waals surface area contributed by atoms with E-state index >= 15 is 0 Å². The van der Waals surface area contributed by atoms with Crippen molar-refractivity contribution in [2.75, 3.05) is 12.4 Å². The number of hydrogen-bond acceptors (Lipinski definition) is 5. The smallest absolute Gasteiger partial charge is 0.187 e. The van der Waals surface area contributed by atoms with Crippen LogP contribution in [0.5, 0.6) is 11.5 Å². The Morgan fingerprint density at radius 1 is 1.23 bits per heavy atom. The maximum Gasteiger partial charge on any atom is 0.187 e.